The molecule has 0 heterocycles. The Morgan fingerprint density at radius 2 is 1.71 bits per heavy atom. The summed E-state index contributed by atoms with van der Waals surface area (Å²) >= 11 is 0. The van der Waals surface area contributed by atoms with Crippen LogP contribution in [-0.2, 0) is 17.6 Å². The minimum absolute atomic E-state index is 0.102. The highest BCUT2D eigenvalue weighted by molar-refractivity contribution is 5.76. The lowest BCUT2D eigenvalue weighted by atomic mass is 10.1. The SMILES string of the molecule is Nc1cccc(CCC(=O)NCCCc2ccccc2)c1. The number of rotatable bonds is 7. The molecule has 2 aromatic rings. The number of carbonyl (C=O) groups excluding carboxylic acids is 1. The molecule has 3 heteroatoms. The van der Waals surface area contributed by atoms with E-state index in [1.807, 2.05) is 42.5 Å². The fraction of sp³-hybridized carbons (Fsp3) is 0.278. The van der Waals surface area contributed by atoms with E-state index in [1.54, 1.807) is 0 Å². The first kappa shape index (κ1) is 15.1. The molecule has 1 amide bonds. The summed E-state index contributed by atoms with van der Waals surface area (Å²) in [6.07, 6.45) is 3.20. The average Bonchev–Trinajstić information content (AvgIpc) is 2.51. The minimum Gasteiger partial charge on any atom is -0.399 e. The summed E-state index contributed by atoms with van der Waals surface area (Å²) in [5, 5.41) is 2.97. The fourth-order valence-electron chi connectivity index (χ4n) is 2.26. The third-order valence-electron chi connectivity index (χ3n) is 3.40. The van der Waals surface area contributed by atoms with Crippen LogP contribution in [0.15, 0.2) is 54.6 Å². The van der Waals surface area contributed by atoms with Crippen LogP contribution < -0.4 is 11.1 Å². The monoisotopic (exact) mass is 282 g/mol. The summed E-state index contributed by atoms with van der Waals surface area (Å²) in [5.41, 5.74) is 8.88. The normalized spacial score (nSPS) is 10.3. The molecule has 0 spiro atoms. The molecular formula is C18H22N2O. The molecule has 0 saturated heterocycles. The highest BCUT2D eigenvalue weighted by Crippen LogP contribution is 2.08. The van der Waals surface area contributed by atoms with Gasteiger partial charge in [-0.2, -0.15) is 0 Å². The van der Waals surface area contributed by atoms with Crippen LogP contribution in [0.2, 0.25) is 0 Å². The molecule has 2 aromatic carbocycles. The van der Waals surface area contributed by atoms with Gasteiger partial charge in [-0.1, -0.05) is 42.5 Å². The predicted octanol–water partition coefficient (Wildman–Crippen LogP) is 2.95. The topological polar surface area (TPSA) is 55.1 Å². The zero-order valence-electron chi connectivity index (χ0n) is 12.2. The van der Waals surface area contributed by atoms with E-state index in [9.17, 15) is 4.79 Å². The van der Waals surface area contributed by atoms with Crippen molar-refractivity contribution in [2.45, 2.75) is 25.7 Å². The van der Waals surface area contributed by atoms with Gasteiger partial charge in [-0.3, -0.25) is 4.79 Å². The highest BCUT2D eigenvalue weighted by Gasteiger charge is 2.02. The van der Waals surface area contributed by atoms with Gasteiger partial charge in [0, 0.05) is 18.7 Å². The van der Waals surface area contributed by atoms with Crippen molar-refractivity contribution in [3.8, 4) is 0 Å². The molecule has 0 aliphatic rings. The highest BCUT2D eigenvalue weighted by atomic mass is 16.1. The Morgan fingerprint density at radius 3 is 2.48 bits per heavy atom. The summed E-state index contributed by atoms with van der Waals surface area (Å²) < 4.78 is 0. The third-order valence-corrected chi connectivity index (χ3v) is 3.40. The number of nitrogens with two attached hydrogens (primary N) is 1. The van der Waals surface area contributed by atoms with E-state index in [2.05, 4.69) is 17.4 Å². The van der Waals surface area contributed by atoms with Crippen molar-refractivity contribution in [2.24, 2.45) is 0 Å². The van der Waals surface area contributed by atoms with E-state index in [-0.39, 0.29) is 5.91 Å². The molecule has 3 nitrogen and oxygen atoms in total. The molecule has 110 valence electrons. The van der Waals surface area contributed by atoms with E-state index in [0.717, 1.165) is 37.1 Å². The Morgan fingerprint density at radius 1 is 0.952 bits per heavy atom. The number of benzene rings is 2. The number of anilines is 1. The molecule has 0 atom stereocenters. The lowest BCUT2D eigenvalue weighted by molar-refractivity contribution is -0.121. The van der Waals surface area contributed by atoms with E-state index in [1.165, 1.54) is 5.56 Å². The van der Waals surface area contributed by atoms with E-state index < -0.39 is 0 Å². The van der Waals surface area contributed by atoms with Gasteiger partial charge in [0.1, 0.15) is 0 Å². The number of nitrogens with one attached hydrogen (secondary N) is 1. The quantitative estimate of drug-likeness (QED) is 0.606. The zero-order valence-corrected chi connectivity index (χ0v) is 12.2. The first-order chi connectivity index (χ1) is 10.2. The zero-order chi connectivity index (χ0) is 14.9. The van der Waals surface area contributed by atoms with Crippen LogP contribution in [0.5, 0.6) is 0 Å². The van der Waals surface area contributed by atoms with Gasteiger partial charge in [0.2, 0.25) is 5.91 Å². The van der Waals surface area contributed by atoms with Gasteiger partial charge >= 0.3 is 0 Å². The number of hydrogen-bond donors (Lipinski definition) is 2. The second-order valence-corrected chi connectivity index (χ2v) is 5.18. The Hall–Kier alpha value is -2.29. The molecule has 2 rings (SSSR count). The molecule has 0 saturated carbocycles. The molecule has 0 aromatic heterocycles. The Bertz CT molecular complexity index is 566. The van der Waals surface area contributed by atoms with E-state index >= 15 is 0 Å². The van der Waals surface area contributed by atoms with Gasteiger partial charge in [-0.25, -0.2) is 0 Å². The maximum Gasteiger partial charge on any atom is 0.220 e. The maximum absolute atomic E-state index is 11.8. The Kier molecular flexibility index (Phi) is 5.83. The molecule has 0 radical (unpaired) electrons. The summed E-state index contributed by atoms with van der Waals surface area (Å²) in [6.45, 7) is 0.727. The molecule has 0 fully saturated rings. The standard InChI is InChI=1S/C18H22N2O/c19-17-10-4-8-16(14-17)11-12-18(21)20-13-5-9-15-6-2-1-3-7-15/h1-4,6-8,10,14H,5,9,11-13,19H2,(H,20,21). The first-order valence-electron chi connectivity index (χ1n) is 7.39. The second-order valence-electron chi connectivity index (χ2n) is 5.18. The van der Waals surface area contributed by atoms with Crippen molar-refractivity contribution < 1.29 is 4.79 Å². The summed E-state index contributed by atoms with van der Waals surface area (Å²) in [4.78, 5) is 11.8. The molecular weight excluding hydrogens is 260 g/mol. The van der Waals surface area contributed by atoms with Crippen LogP contribution in [0.1, 0.15) is 24.0 Å². The predicted molar refractivity (Wildman–Crippen MR) is 86.9 cm³/mol. The molecule has 0 bridgehead atoms. The van der Waals surface area contributed by atoms with Crippen LogP contribution in [0, 0.1) is 0 Å². The van der Waals surface area contributed by atoms with Crippen molar-refractivity contribution in [1.82, 2.24) is 5.32 Å². The smallest absolute Gasteiger partial charge is 0.220 e. The van der Waals surface area contributed by atoms with Crippen LogP contribution >= 0.6 is 0 Å². The van der Waals surface area contributed by atoms with Crippen LogP contribution in [0.4, 0.5) is 5.69 Å². The molecule has 21 heavy (non-hydrogen) atoms. The molecule has 0 unspecified atom stereocenters. The first-order valence-corrected chi connectivity index (χ1v) is 7.39. The van der Waals surface area contributed by atoms with Gasteiger partial charge in [0.15, 0.2) is 0 Å². The van der Waals surface area contributed by atoms with Crippen molar-refractivity contribution in [3.05, 3.63) is 65.7 Å². The van der Waals surface area contributed by atoms with Gasteiger partial charge in [-0.15, -0.1) is 0 Å². The summed E-state index contributed by atoms with van der Waals surface area (Å²) in [6, 6.07) is 18.0. The second kappa shape index (κ2) is 8.10. The van der Waals surface area contributed by atoms with Crippen LogP contribution in [-0.4, -0.2) is 12.5 Å². The fourth-order valence-corrected chi connectivity index (χ4v) is 2.26. The number of hydrogen-bond acceptors (Lipinski definition) is 2. The van der Waals surface area contributed by atoms with E-state index in [4.69, 9.17) is 5.73 Å². The van der Waals surface area contributed by atoms with Crippen LogP contribution in [0.3, 0.4) is 0 Å². The minimum atomic E-state index is 0.102. The number of aryl methyl sites for hydroxylation is 2. The van der Waals surface area contributed by atoms with Crippen molar-refractivity contribution in [2.75, 3.05) is 12.3 Å². The largest absolute Gasteiger partial charge is 0.399 e. The number of carbonyl (C=O) groups is 1. The molecule has 3 N–H and O–H groups in total. The average molecular weight is 282 g/mol. The van der Waals surface area contributed by atoms with Crippen molar-refractivity contribution in [3.63, 3.8) is 0 Å². The lowest BCUT2D eigenvalue weighted by Gasteiger charge is -2.06. The Labute approximate surface area is 126 Å². The number of amides is 1. The molecule has 0 aliphatic carbocycles. The van der Waals surface area contributed by atoms with Gasteiger partial charge in [-0.05, 0) is 42.5 Å². The third kappa shape index (κ3) is 5.69. The van der Waals surface area contributed by atoms with Crippen LogP contribution in [0.25, 0.3) is 0 Å². The summed E-state index contributed by atoms with van der Waals surface area (Å²) in [5.74, 6) is 0.102. The summed E-state index contributed by atoms with van der Waals surface area (Å²) in [7, 11) is 0. The van der Waals surface area contributed by atoms with Gasteiger partial charge < -0.3 is 11.1 Å². The van der Waals surface area contributed by atoms with Crippen molar-refractivity contribution >= 4 is 11.6 Å². The van der Waals surface area contributed by atoms with E-state index in [0.29, 0.717) is 6.42 Å². The van der Waals surface area contributed by atoms with Gasteiger partial charge in [0.05, 0.1) is 0 Å². The number of nitrogen functional groups attached to an aromatic ring is 1. The lowest BCUT2D eigenvalue weighted by Crippen LogP contribution is -2.24. The maximum atomic E-state index is 11.8. The Balaban J connectivity index is 1.62. The van der Waals surface area contributed by atoms with Gasteiger partial charge in [0.25, 0.3) is 0 Å². The molecule has 0 aliphatic heterocycles. The van der Waals surface area contributed by atoms with Crippen molar-refractivity contribution in [1.29, 1.82) is 0 Å².